The second-order valence-corrected chi connectivity index (χ2v) is 7.92. The van der Waals surface area contributed by atoms with Gasteiger partial charge in [0.05, 0.1) is 0 Å². The molecular formula is C22H35FN2. The van der Waals surface area contributed by atoms with E-state index in [4.69, 9.17) is 0 Å². The summed E-state index contributed by atoms with van der Waals surface area (Å²) in [6, 6.07) is 5.81. The van der Waals surface area contributed by atoms with E-state index in [2.05, 4.69) is 16.7 Å². The van der Waals surface area contributed by atoms with Crippen LogP contribution in [0.5, 0.6) is 0 Å². The predicted octanol–water partition coefficient (Wildman–Crippen LogP) is 5.18. The number of halogens is 1. The molecule has 1 saturated heterocycles. The molecule has 2 nitrogen and oxygen atoms in total. The van der Waals surface area contributed by atoms with Crippen LogP contribution in [-0.2, 0) is 6.42 Å². The van der Waals surface area contributed by atoms with Gasteiger partial charge in [0.2, 0.25) is 0 Å². The molecular weight excluding hydrogens is 311 g/mol. The summed E-state index contributed by atoms with van der Waals surface area (Å²) < 4.78 is 13.7. The second-order valence-electron chi connectivity index (χ2n) is 7.92. The van der Waals surface area contributed by atoms with Crippen LogP contribution in [0.25, 0.3) is 0 Å². The molecule has 2 heterocycles. The third kappa shape index (κ3) is 5.27. The molecule has 0 aromatic heterocycles. The van der Waals surface area contributed by atoms with Crippen molar-refractivity contribution in [3.8, 4) is 0 Å². The van der Waals surface area contributed by atoms with Gasteiger partial charge >= 0.3 is 0 Å². The highest BCUT2D eigenvalue weighted by molar-refractivity contribution is 5.34. The minimum absolute atomic E-state index is 0.0826. The van der Waals surface area contributed by atoms with E-state index in [-0.39, 0.29) is 5.82 Å². The van der Waals surface area contributed by atoms with Gasteiger partial charge in [0.1, 0.15) is 5.82 Å². The minimum Gasteiger partial charge on any atom is -0.300 e. The summed E-state index contributed by atoms with van der Waals surface area (Å²) in [5, 5.41) is 0. The van der Waals surface area contributed by atoms with E-state index in [1.54, 1.807) is 12.1 Å². The highest BCUT2D eigenvalue weighted by atomic mass is 19.1. The highest BCUT2D eigenvalue weighted by Crippen LogP contribution is 2.33. The lowest BCUT2D eigenvalue weighted by Crippen LogP contribution is -2.51. The molecule has 1 aromatic carbocycles. The first-order chi connectivity index (χ1) is 12.3. The van der Waals surface area contributed by atoms with Crippen molar-refractivity contribution in [2.24, 2.45) is 0 Å². The van der Waals surface area contributed by atoms with E-state index in [0.29, 0.717) is 6.04 Å². The lowest BCUT2D eigenvalue weighted by molar-refractivity contribution is 0.0661. The van der Waals surface area contributed by atoms with E-state index >= 15 is 0 Å². The summed E-state index contributed by atoms with van der Waals surface area (Å²) in [6.45, 7) is 8.01. The average Bonchev–Trinajstić information content (AvgIpc) is 2.63. The van der Waals surface area contributed by atoms with E-state index in [9.17, 15) is 4.39 Å². The first-order valence-electron chi connectivity index (χ1n) is 10.5. The fourth-order valence-corrected chi connectivity index (χ4v) is 4.48. The van der Waals surface area contributed by atoms with Gasteiger partial charge in [-0.3, -0.25) is 4.90 Å². The average molecular weight is 347 g/mol. The molecule has 3 heteroatoms. The molecule has 3 rings (SSSR count). The van der Waals surface area contributed by atoms with Gasteiger partial charge in [-0.2, -0.15) is 0 Å². The summed E-state index contributed by atoms with van der Waals surface area (Å²) in [7, 11) is 0. The topological polar surface area (TPSA) is 6.48 Å². The highest BCUT2D eigenvalue weighted by Gasteiger charge is 2.32. The van der Waals surface area contributed by atoms with Gasteiger partial charge in [0.25, 0.3) is 0 Å². The first kappa shape index (κ1) is 18.8. The smallest absolute Gasteiger partial charge is 0.123 e. The molecule has 0 radical (unpaired) electrons. The summed E-state index contributed by atoms with van der Waals surface area (Å²) >= 11 is 0. The van der Waals surface area contributed by atoms with Crippen LogP contribution >= 0.6 is 0 Å². The van der Waals surface area contributed by atoms with Crippen LogP contribution in [0.4, 0.5) is 4.39 Å². The summed E-state index contributed by atoms with van der Waals surface area (Å²) in [6.07, 6.45) is 12.1. The summed E-state index contributed by atoms with van der Waals surface area (Å²) in [5.41, 5.74) is 2.60. The predicted molar refractivity (Wildman–Crippen MR) is 103 cm³/mol. The Kier molecular flexibility index (Phi) is 7.30. The maximum absolute atomic E-state index is 13.7. The van der Waals surface area contributed by atoms with Crippen LogP contribution in [0, 0.1) is 5.82 Å². The summed E-state index contributed by atoms with van der Waals surface area (Å²) in [4.78, 5) is 5.17. The molecule has 0 N–H and O–H groups in total. The fourth-order valence-electron chi connectivity index (χ4n) is 4.48. The number of unbranched alkanes of at least 4 members (excludes halogenated alkanes) is 7. The van der Waals surface area contributed by atoms with Gasteiger partial charge in [-0.1, -0.05) is 57.9 Å². The second kappa shape index (κ2) is 9.68. The number of rotatable bonds is 9. The van der Waals surface area contributed by atoms with Crippen molar-refractivity contribution in [1.29, 1.82) is 0 Å². The number of hydrogen-bond donors (Lipinski definition) is 0. The molecule has 2 aliphatic rings. The molecule has 1 unspecified atom stereocenters. The fraction of sp³-hybridized carbons (Fsp3) is 0.727. The molecule has 0 spiro atoms. The SMILES string of the molecule is CCCCCCCCCCN1CCN2CCc3ccc(F)cc3C2C1. The van der Waals surface area contributed by atoms with E-state index in [1.165, 1.54) is 75.6 Å². The molecule has 2 aliphatic heterocycles. The Balaban J connectivity index is 1.41. The molecule has 0 bridgehead atoms. The van der Waals surface area contributed by atoms with Gasteiger partial charge < -0.3 is 4.90 Å². The lowest BCUT2D eigenvalue weighted by atomic mass is 9.90. The molecule has 1 aromatic rings. The molecule has 25 heavy (non-hydrogen) atoms. The Bertz CT molecular complexity index is 531. The quantitative estimate of drug-likeness (QED) is 0.568. The number of piperazine rings is 1. The largest absolute Gasteiger partial charge is 0.300 e. The number of fused-ring (bicyclic) bond motifs is 3. The van der Waals surface area contributed by atoms with Gasteiger partial charge in [-0.05, 0) is 42.6 Å². The molecule has 140 valence electrons. The van der Waals surface area contributed by atoms with Crippen molar-refractivity contribution in [2.75, 3.05) is 32.7 Å². The van der Waals surface area contributed by atoms with Gasteiger partial charge in [0.15, 0.2) is 0 Å². The Morgan fingerprint density at radius 2 is 1.72 bits per heavy atom. The summed E-state index contributed by atoms with van der Waals surface area (Å²) in [5.74, 6) is -0.0826. The Labute approximate surface area is 153 Å². The first-order valence-corrected chi connectivity index (χ1v) is 10.5. The van der Waals surface area contributed by atoms with Gasteiger partial charge in [0, 0.05) is 32.2 Å². The van der Waals surface area contributed by atoms with Crippen molar-refractivity contribution in [1.82, 2.24) is 9.80 Å². The molecule has 0 saturated carbocycles. The normalized spacial score (nSPS) is 21.1. The van der Waals surface area contributed by atoms with Gasteiger partial charge in [-0.15, -0.1) is 0 Å². The zero-order valence-corrected chi connectivity index (χ0v) is 16.0. The van der Waals surface area contributed by atoms with Crippen molar-refractivity contribution in [3.05, 3.63) is 35.1 Å². The maximum Gasteiger partial charge on any atom is 0.123 e. The van der Waals surface area contributed by atoms with Crippen molar-refractivity contribution in [3.63, 3.8) is 0 Å². The Morgan fingerprint density at radius 1 is 0.960 bits per heavy atom. The number of benzene rings is 1. The molecule has 1 fully saturated rings. The standard InChI is InChI=1S/C22H35FN2/c1-2-3-4-5-6-7-8-9-13-24-15-16-25-14-12-19-10-11-20(23)17-21(19)22(25)18-24/h10-11,17,22H,2-9,12-16,18H2,1H3. The Morgan fingerprint density at radius 3 is 2.52 bits per heavy atom. The van der Waals surface area contributed by atoms with Gasteiger partial charge in [-0.25, -0.2) is 4.39 Å². The molecule has 1 atom stereocenters. The van der Waals surface area contributed by atoms with E-state index in [0.717, 1.165) is 26.1 Å². The van der Waals surface area contributed by atoms with Crippen LogP contribution in [0.15, 0.2) is 18.2 Å². The zero-order valence-electron chi connectivity index (χ0n) is 16.0. The van der Waals surface area contributed by atoms with Crippen LogP contribution in [-0.4, -0.2) is 42.5 Å². The lowest BCUT2D eigenvalue weighted by Gasteiger charge is -2.45. The monoisotopic (exact) mass is 346 g/mol. The third-order valence-electron chi connectivity index (χ3n) is 6.04. The van der Waals surface area contributed by atoms with Crippen LogP contribution in [0.2, 0.25) is 0 Å². The molecule has 0 amide bonds. The van der Waals surface area contributed by atoms with Crippen LogP contribution in [0.1, 0.15) is 75.5 Å². The van der Waals surface area contributed by atoms with Crippen molar-refractivity contribution < 1.29 is 4.39 Å². The van der Waals surface area contributed by atoms with Crippen molar-refractivity contribution >= 4 is 0 Å². The Hall–Kier alpha value is -0.930. The third-order valence-corrected chi connectivity index (χ3v) is 6.04. The van der Waals surface area contributed by atoms with E-state index < -0.39 is 0 Å². The van der Waals surface area contributed by atoms with Crippen LogP contribution in [0.3, 0.4) is 0 Å². The number of nitrogens with zero attached hydrogens (tertiary/aromatic N) is 2. The minimum atomic E-state index is -0.0826. The number of hydrogen-bond acceptors (Lipinski definition) is 2. The van der Waals surface area contributed by atoms with Crippen molar-refractivity contribution in [2.45, 2.75) is 70.8 Å². The van der Waals surface area contributed by atoms with Crippen LogP contribution < -0.4 is 0 Å². The van der Waals surface area contributed by atoms with E-state index in [1.807, 2.05) is 6.07 Å². The zero-order chi connectivity index (χ0) is 17.5. The molecule has 0 aliphatic carbocycles. The maximum atomic E-state index is 13.7.